The first-order valence-corrected chi connectivity index (χ1v) is 10.8. The van der Waals surface area contributed by atoms with Crippen LogP contribution in [-0.4, -0.2) is 29.4 Å². The molecule has 0 amide bonds. The molecule has 0 saturated heterocycles. The van der Waals surface area contributed by atoms with Crippen molar-refractivity contribution in [3.05, 3.63) is 54.4 Å². The maximum atomic E-state index is 12.0. The molecule has 0 unspecified atom stereocenters. The number of fused-ring (bicyclic) bond motifs is 1. The Hall–Kier alpha value is -2.65. The van der Waals surface area contributed by atoms with Crippen LogP contribution >= 0.6 is 11.8 Å². The fourth-order valence-corrected chi connectivity index (χ4v) is 4.02. The van der Waals surface area contributed by atoms with Crippen molar-refractivity contribution < 1.29 is 17.3 Å². The lowest BCUT2D eigenvalue weighted by atomic mass is 10.2. The Morgan fingerprint density at radius 2 is 1.85 bits per heavy atom. The van der Waals surface area contributed by atoms with E-state index in [4.69, 9.17) is 8.83 Å². The molecule has 0 spiro atoms. The van der Waals surface area contributed by atoms with Crippen molar-refractivity contribution >= 4 is 32.7 Å². The molecular formula is C18H15N3O4S2. The Bertz CT molecular complexity index is 1180. The largest absolute Gasteiger partial charge is 0.431 e. The van der Waals surface area contributed by atoms with Crippen molar-refractivity contribution in [2.24, 2.45) is 0 Å². The van der Waals surface area contributed by atoms with E-state index >= 15 is 0 Å². The number of oxazole rings is 1. The third-order valence-corrected chi connectivity index (χ3v) is 6.43. The summed E-state index contributed by atoms with van der Waals surface area (Å²) in [6, 6.07) is 14.2. The van der Waals surface area contributed by atoms with Crippen LogP contribution in [0.25, 0.3) is 22.6 Å². The quantitative estimate of drug-likeness (QED) is 0.448. The lowest BCUT2D eigenvalue weighted by Gasteiger charge is -1.99. The van der Waals surface area contributed by atoms with Crippen LogP contribution in [0, 0.1) is 0 Å². The average Bonchev–Trinajstić information content (AvgIpc) is 3.33. The lowest BCUT2D eigenvalue weighted by molar-refractivity contribution is 0.486. The van der Waals surface area contributed by atoms with Crippen molar-refractivity contribution in [3.63, 3.8) is 0 Å². The van der Waals surface area contributed by atoms with Crippen molar-refractivity contribution in [2.75, 3.05) is 5.75 Å². The molecule has 9 heteroatoms. The molecule has 0 aliphatic heterocycles. The number of nitrogens with zero attached hydrogens (tertiary/aromatic N) is 3. The predicted molar refractivity (Wildman–Crippen MR) is 101 cm³/mol. The predicted octanol–water partition coefficient (Wildman–Crippen LogP) is 3.96. The second-order valence-corrected chi connectivity index (χ2v) is 8.87. The van der Waals surface area contributed by atoms with Crippen molar-refractivity contribution in [1.82, 2.24) is 15.2 Å². The Kier molecular flexibility index (Phi) is 4.71. The monoisotopic (exact) mass is 401 g/mol. The molecule has 4 aromatic rings. The summed E-state index contributed by atoms with van der Waals surface area (Å²) in [5.74, 6) is 1.35. The molecule has 2 aromatic heterocycles. The molecule has 4 rings (SSSR count). The molecular weight excluding hydrogens is 386 g/mol. The molecule has 0 N–H and O–H groups in total. The second kappa shape index (κ2) is 7.16. The standard InChI is InChI=1S/C18H15N3O4S2/c1-2-27(22,23)13-8-9-15-14(10-13)19-18(24-15)26-11-16-20-21-17(25-16)12-6-4-3-5-7-12/h3-10H,2,11H2,1H3. The third kappa shape index (κ3) is 3.74. The molecule has 27 heavy (non-hydrogen) atoms. The highest BCUT2D eigenvalue weighted by atomic mass is 32.2. The Balaban J connectivity index is 1.50. The van der Waals surface area contributed by atoms with Gasteiger partial charge < -0.3 is 8.83 Å². The van der Waals surface area contributed by atoms with Crippen LogP contribution < -0.4 is 0 Å². The molecule has 0 fully saturated rings. The summed E-state index contributed by atoms with van der Waals surface area (Å²) in [6.07, 6.45) is 0. The summed E-state index contributed by atoms with van der Waals surface area (Å²) < 4.78 is 35.3. The van der Waals surface area contributed by atoms with Gasteiger partial charge >= 0.3 is 0 Å². The highest BCUT2D eigenvalue weighted by molar-refractivity contribution is 7.98. The molecule has 0 radical (unpaired) electrons. The van der Waals surface area contributed by atoms with Crippen molar-refractivity contribution in [2.45, 2.75) is 22.8 Å². The summed E-state index contributed by atoms with van der Waals surface area (Å²) in [5, 5.41) is 8.49. The van der Waals surface area contributed by atoms with Crippen molar-refractivity contribution in [1.29, 1.82) is 0 Å². The SMILES string of the molecule is CCS(=O)(=O)c1ccc2oc(SCc3nnc(-c4ccccc4)o3)nc2c1. The third-order valence-electron chi connectivity index (χ3n) is 3.89. The average molecular weight is 401 g/mol. The number of benzene rings is 2. The molecule has 2 aromatic carbocycles. The first-order valence-electron chi connectivity index (χ1n) is 8.19. The van der Waals surface area contributed by atoms with Crippen LogP contribution in [-0.2, 0) is 15.6 Å². The van der Waals surface area contributed by atoms with E-state index in [2.05, 4.69) is 15.2 Å². The topological polar surface area (TPSA) is 99.1 Å². The molecule has 2 heterocycles. The number of aromatic nitrogens is 3. The van der Waals surface area contributed by atoms with Gasteiger partial charge in [-0.3, -0.25) is 0 Å². The zero-order chi connectivity index (χ0) is 18.9. The van der Waals surface area contributed by atoms with Gasteiger partial charge in [0.05, 0.1) is 16.4 Å². The second-order valence-electron chi connectivity index (χ2n) is 5.67. The number of rotatable bonds is 6. The van der Waals surface area contributed by atoms with Gasteiger partial charge in [-0.15, -0.1) is 10.2 Å². The Labute approximate surface area is 159 Å². The lowest BCUT2D eigenvalue weighted by Crippen LogP contribution is -2.03. The fourth-order valence-electron chi connectivity index (χ4n) is 2.44. The van der Waals surface area contributed by atoms with Gasteiger partial charge in [0.2, 0.25) is 11.8 Å². The van der Waals surface area contributed by atoms with Gasteiger partial charge in [-0.1, -0.05) is 36.9 Å². The van der Waals surface area contributed by atoms with E-state index in [0.717, 1.165) is 5.56 Å². The highest BCUT2D eigenvalue weighted by Crippen LogP contribution is 2.28. The minimum absolute atomic E-state index is 0.0406. The van der Waals surface area contributed by atoms with Gasteiger partial charge in [-0.25, -0.2) is 13.4 Å². The van der Waals surface area contributed by atoms with Gasteiger partial charge in [0.25, 0.3) is 5.22 Å². The Morgan fingerprint density at radius 1 is 1.04 bits per heavy atom. The van der Waals surface area contributed by atoms with E-state index in [1.807, 2.05) is 30.3 Å². The highest BCUT2D eigenvalue weighted by Gasteiger charge is 2.15. The van der Waals surface area contributed by atoms with Gasteiger partial charge in [-0.05, 0) is 30.3 Å². The maximum absolute atomic E-state index is 12.0. The van der Waals surface area contributed by atoms with E-state index in [-0.39, 0.29) is 10.6 Å². The van der Waals surface area contributed by atoms with Gasteiger partial charge in [-0.2, -0.15) is 0 Å². The normalized spacial score (nSPS) is 11.9. The summed E-state index contributed by atoms with van der Waals surface area (Å²) in [6.45, 7) is 1.61. The molecule has 0 aliphatic carbocycles. The molecule has 0 aliphatic rings. The molecule has 0 atom stereocenters. The summed E-state index contributed by atoms with van der Waals surface area (Å²) >= 11 is 1.30. The van der Waals surface area contributed by atoms with Crippen LogP contribution in [0.4, 0.5) is 0 Å². The number of hydrogen-bond acceptors (Lipinski definition) is 8. The Morgan fingerprint density at radius 3 is 2.63 bits per heavy atom. The van der Waals surface area contributed by atoms with E-state index < -0.39 is 9.84 Å². The minimum atomic E-state index is -3.28. The summed E-state index contributed by atoms with van der Waals surface area (Å²) in [7, 11) is -3.28. The van der Waals surface area contributed by atoms with E-state index in [1.54, 1.807) is 13.0 Å². The number of hydrogen-bond donors (Lipinski definition) is 0. The van der Waals surface area contributed by atoms with Crippen LogP contribution in [0.5, 0.6) is 0 Å². The van der Waals surface area contributed by atoms with E-state index in [0.29, 0.717) is 33.9 Å². The molecule has 0 bridgehead atoms. The first-order chi connectivity index (χ1) is 13.0. The molecule has 7 nitrogen and oxygen atoms in total. The summed E-state index contributed by atoms with van der Waals surface area (Å²) in [4.78, 5) is 4.59. The van der Waals surface area contributed by atoms with Crippen LogP contribution in [0.15, 0.2) is 67.5 Å². The van der Waals surface area contributed by atoms with E-state index in [9.17, 15) is 8.42 Å². The minimum Gasteiger partial charge on any atom is -0.431 e. The zero-order valence-corrected chi connectivity index (χ0v) is 16.0. The fraction of sp³-hybridized carbons (Fsp3) is 0.167. The van der Waals surface area contributed by atoms with E-state index in [1.165, 1.54) is 23.9 Å². The maximum Gasteiger partial charge on any atom is 0.257 e. The van der Waals surface area contributed by atoms with Crippen molar-refractivity contribution in [3.8, 4) is 11.5 Å². The number of thioether (sulfide) groups is 1. The number of sulfone groups is 1. The van der Waals surface area contributed by atoms with Crippen LogP contribution in [0.1, 0.15) is 12.8 Å². The molecule has 138 valence electrons. The zero-order valence-electron chi connectivity index (χ0n) is 14.3. The van der Waals surface area contributed by atoms with Gasteiger partial charge in [0, 0.05) is 5.56 Å². The first kappa shape index (κ1) is 17.7. The molecule has 0 saturated carbocycles. The summed E-state index contributed by atoms with van der Waals surface area (Å²) in [5.41, 5.74) is 1.89. The van der Waals surface area contributed by atoms with Crippen LogP contribution in [0.3, 0.4) is 0 Å². The van der Waals surface area contributed by atoms with Crippen LogP contribution in [0.2, 0.25) is 0 Å². The van der Waals surface area contributed by atoms with Gasteiger partial charge in [0.1, 0.15) is 5.52 Å². The smallest absolute Gasteiger partial charge is 0.257 e. The van der Waals surface area contributed by atoms with Gasteiger partial charge in [0.15, 0.2) is 15.4 Å².